The summed E-state index contributed by atoms with van der Waals surface area (Å²) in [6, 6.07) is 1.26. The van der Waals surface area contributed by atoms with Gasteiger partial charge in [0.25, 0.3) is 0 Å². The summed E-state index contributed by atoms with van der Waals surface area (Å²) in [6.07, 6.45) is 7.25. The molecule has 0 aromatic rings. The van der Waals surface area contributed by atoms with Gasteiger partial charge in [-0.05, 0) is 57.0 Å². The van der Waals surface area contributed by atoms with E-state index in [-0.39, 0.29) is 0 Å². The lowest BCUT2D eigenvalue weighted by atomic mass is 9.72. The molecule has 116 valence electrons. The van der Waals surface area contributed by atoms with E-state index in [9.17, 15) is 0 Å². The molecule has 3 fully saturated rings. The maximum absolute atomic E-state index is 6.26. The minimum Gasteiger partial charge on any atom is -0.374 e. The Labute approximate surface area is 124 Å². The smallest absolute Gasteiger partial charge is 0.0858 e. The van der Waals surface area contributed by atoms with E-state index < -0.39 is 0 Å². The third-order valence-electron chi connectivity index (χ3n) is 6.30. The van der Waals surface area contributed by atoms with Gasteiger partial charge in [0.2, 0.25) is 0 Å². The monoisotopic (exact) mass is 280 g/mol. The van der Waals surface area contributed by atoms with E-state index in [0.717, 1.165) is 30.9 Å². The number of morpholine rings is 1. The van der Waals surface area contributed by atoms with Crippen molar-refractivity contribution in [2.45, 2.75) is 64.1 Å². The zero-order valence-corrected chi connectivity index (χ0v) is 13.5. The van der Waals surface area contributed by atoms with E-state index >= 15 is 0 Å². The highest BCUT2D eigenvalue weighted by Gasteiger charge is 2.39. The van der Waals surface area contributed by atoms with Crippen LogP contribution in [0.25, 0.3) is 0 Å². The fourth-order valence-corrected chi connectivity index (χ4v) is 4.70. The minimum absolute atomic E-state index is 0.403. The molecule has 0 aromatic heterocycles. The van der Waals surface area contributed by atoms with E-state index in [1.165, 1.54) is 38.6 Å². The highest BCUT2D eigenvalue weighted by Crippen LogP contribution is 2.37. The normalized spacial score (nSPS) is 44.2. The highest BCUT2D eigenvalue weighted by molar-refractivity contribution is 4.94. The second-order valence-corrected chi connectivity index (χ2v) is 7.50. The first kappa shape index (κ1) is 14.8. The van der Waals surface area contributed by atoms with Gasteiger partial charge in [0.15, 0.2) is 0 Å². The summed E-state index contributed by atoms with van der Waals surface area (Å²) in [6.45, 7) is 8.25. The van der Waals surface area contributed by atoms with Crippen molar-refractivity contribution in [3.8, 4) is 0 Å². The molecule has 0 amide bonds. The Morgan fingerprint density at radius 2 is 2.00 bits per heavy atom. The van der Waals surface area contributed by atoms with Crippen molar-refractivity contribution in [1.82, 2.24) is 10.2 Å². The lowest BCUT2D eigenvalue weighted by molar-refractivity contribution is -0.0770. The van der Waals surface area contributed by atoms with Crippen molar-refractivity contribution in [2.24, 2.45) is 17.8 Å². The van der Waals surface area contributed by atoms with Crippen LogP contribution in [0.5, 0.6) is 0 Å². The second-order valence-electron chi connectivity index (χ2n) is 7.50. The van der Waals surface area contributed by atoms with Crippen molar-refractivity contribution in [2.75, 3.05) is 26.7 Å². The molecule has 0 spiro atoms. The number of nitrogens with zero attached hydrogens (tertiary/aromatic N) is 1. The average molecular weight is 280 g/mol. The van der Waals surface area contributed by atoms with Gasteiger partial charge in [0.1, 0.15) is 0 Å². The predicted molar refractivity (Wildman–Crippen MR) is 82.9 cm³/mol. The van der Waals surface area contributed by atoms with E-state index in [1.807, 2.05) is 0 Å². The van der Waals surface area contributed by atoms with Crippen LogP contribution in [0.4, 0.5) is 0 Å². The molecule has 0 aromatic carbocycles. The fourth-order valence-electron chi connectivity index (χ4n) is 4.70. The summed E-state index contributed by atoms with van der Waals surface area (Å²) in [4.78, 5) is 2.67. The SMILES string of the molecule is CNC(C1CCC(C)C(C)C1)C1CN2CCCC2CO1. The van der Waals surface area contributed by atoms with Gasteiger partial charge in [0.05, 0.1) is 12.7 Å². The van der Waals surface area contributed by atoms with Crippen LogP contribution in [-0.2, 0) is 4.74 Å². The van der Waals surface area contributed by atoms with Gasteiger partial charge in [-0.25, -0.2) is 0 Å². The third kappa shape index (κ3) is 2.90. The zero-order chi connectivity index (χ0) is 14.1. The summed E-state index contributed by atoms with van der Waals surface area (Å²) in [5.74, 6) is 2.57. The van der Waals surface area contributed by atoms with Gasteiger partial charge in [0, 0.05) is 18.6 Å². The predicted octanol–water partition coefficient (Wildman–Crippen LogP) is 2.51. The molecule has 1 saturated carbocycles. The molecule has 20 heavy (non-hydrogen) atoms. The van der Waals surface area contributed by atoms with Gasteiger partial charge in [-0.15, -0.1) is 0 Å². The summed E-state index contributed by atoms with van der Waals surface area (Å²) < 4.78 is 6.26. The number of nitrogens with one attached hydrogen (secondary N) is 1. The molecule has 3 nitrogen and oxygen atoms in total. The van der Waals surface area contributed by atoms with Crippen LogP contribution >= 0.6 is 0 Å². The number of likely N-dealkylation sites (N-methyl/N-ethyl adjacent to an activating group) is 1. The molecule has 1 aliphatic carbocycles. The van der Waals surface area contributed by atoms with Crippen LogP contribution in [0.3, 0.4) is 0 Å². The molecule has 0 radical (unpaired) electrons. The molecule has 3 aliphatic rings. The van der Waals surface area contributed by atoms with Crippen molar-refractivity contribution in [3.05, 3.63) is 0 Å². The molecule has 3 rings (SSSR count). The number of rotatable bonds is 3. The molecular weight excluding hydrogens is 248 g/mol. The van der Waals surface area contributed by atoms with Crippen molar-refractivity contribution in [3.63, 3.8) is 0 Å². The van der Waals surface area contributed by atoms with Crippen LogP contribution in [0.15, 0.2) is 0 Å². The topological polar surface area (TPSA) is 24.5 Å². The van der Waals surface area contributed by atoms with Gasteiger partial charge in [-0.2, -0.15) is 0 Å². The molecular formula is C17H32N2O. The van der Waals surface area contributed by atoms with E-state index in [0.29, 0.717) is 18.2 Å². The van der Waals surface area contributed by atoms with Gasteiger partial charge >= 0.3 is 0 Å². The first-order chi connectivity index (χ1) is 9.69. The number of ether oxygens (including phenoxy) is 1. The minimum atomic E-state index is 0.403. The number of fused-ring (bicyclic) bond motifs is 1. The van der Waals surface area contributed by atoms with Crippen LogP contribution in [0, 0.1) is 17.8 Å². The maximum atomic E-state index is 6.26. The Hall–Kier alpha value is -0.120. The van der Waals surface area contributed by atoms with Crippen molar-refractivity contribution < 1.29 is 4.74 Å². The van der Waals surface area contributed by atoms with Gasteiger partial charge in [-0.3, -0.25) is 4.90 Å². The van der Waals surface area contributed by atoms with Gasteiger partial charge in [-0.1, -0.05) is 20.3 Å². The first-order valence-electron chi connectivity index (χ1n) is 8.72. The molecule has 2 saturated heterocycles. The number of hydrogen-bond donors (Lipinski definition) is 1. The van der Waals surface area contributed by atoms with Crippen molar-refractivity contribution in [1.29, 1.82) is 0 Å². The Morgan fingerprint density at radius 1 is 1.15 bits per heavy atom. The zero-order valence-electron chi connectivity index (χ0n) is 13.5. The summed E-state index contributed by atoms with van der Waals surface area (Å²) in [7, 11) is 2.13. The molecule has 2 aliphatic heterocycles. The van der Waals surface area contributed by atoms with E-state index in [1.54, 1.807) is 0 Å². The Balaban J connectivity index is 1.61. The molecule has 3 heteroatoms. The third-order valence-corrected chi connectivity index (χ3v) is 6.30. The van der Waals surface area contributed by atoms with Crippen LogP contribution in [-0.4, -0.2) is 49.8 Å². The molecule has 0 bridgehead atoms. The molecule has 6 atom stereocenters. The Morgan fingerprint density at radius 3 is 2.75 bits per heavy atom. The Bertz CT molecular complexity index is 322. The second kappa shape index (κ2) is 6.33. The Kier molecular flexibility index (Phi) is 4.68. The number of hydrogen-bond acceptors (Lipinski definition) is 3. The average Bonchev–Trinajstić information content (AvgIpc) is 2.91. The highest BCUT2D eigenvalue weighted by atomic mass is 16.5. The summed E-state index contributed by atoms with van der Waals surface area (Å²) in [5, 5.41) is 3.61. The van der Waals surface area contributed by atoms with E-state index in [4.69, 9.17) is 4.74 Å². The lowest BCUT2D eigenvalue weighted by Gasteiger charge is -2.44. The first-order valence-corrected chi connectivity index (χ1v) is 8.72. The largest absolute Gasteiger partial charge is 0.374 e. The van der Waals surface area contributed by atoms with Crippen molar-refractivity contribution >= 4 is 0 Å². The molecule has 6 unspecified atom stereocenters. The van der Waals surface area contributed by atoms with E-state index in [2.05, 4.69) is 31.1 Å². The summed E-state index contributed by atoms with van der Waals surface area (Å²) >= 11 is 0. The quantitative estimate of drug-likeness (QED) is 0.860. The maximum Gasteiger partial charge on any atom is 0.0858 e. The van der Waals surface area contributed by atoms with Crippen LogP contribution in [0.1, 0.15) is 46.0 Å². The van der Waals surface area contributed by atoms with Crippen LogP contribution < -0.4 is 5.32 Å². The standard InChI is InChI=1S/C17H32N2O/c1-12-6-7-14(9-13(12)2)17(18-3)16-10-19-8-4-5-15(19)11-20-16/h12-18H,4-11H2,1-3H3. The van der Waals surface area contributed by atoms with Gasteiger partial charge < -0.3 is 10.1 Å². The van der Waals surface area contributed by atoms with Crippen LogP contribution in [0.2, 0.25) is 0 Å². The lowest BCUT2D eigenvalue weighted by Crippen LogP contribution is -2.56. The summed E-state index contributed by atoms with van der Waals surface area (Å²) in [5.41, 5.74) is 0. The molecule has 1 N–H and O–H groups in total. The molecule has 2 heterocycles. The fraction of sp³-hybridized carbons (Fsp3) is 1.00.